The van der Waals surface area contributed by atoms with E-state index in [1.165, 1.54) is 12.8 Å². The maximum absolute atomic E-state index is 12.7. The maximum atomic E-state index is 12.7. The predicted molar refractivity (Wildman–Crippen MR) is 107 cm³/mol. The summed E-state index contributed by atoms with van der Waals surface area (Å²) < 4.78 is 5.41. The number of carbonyl (C=O) groups excluding carboxylic acids is 2. The van der Waals surface area contributed by atoms with Gasteiger partial charge in [-0.15, -0.1) is 0 Å². The molecule has 27 heavy (non-hydrogen) atoms. The summed E-state index contributed by atoms with van der Waals surface area (Å²) in [6.45, 7) is 2.52. The van der Waals surface area contributed by atoms with E-state index >= 15 is 0 Å². The number of nitrogens with one attached hydrogen (secondary N) is 2. The second kappa shape index (κ2) is 9.21. The van der Waals surface area contributed by atoms with Gasteiger partial charge in [-0.05, 0) is 62.1 Å². The lowest BCUT2D eigenvalue weighted by atomic mass is 10.0. The van der Waals surface area contributed by atoms with Crippen LogP contribution in [-0.4, -0.2) is 18.4 Å². The van der Waals surface area contributed by atoms with Crippen molar-refractivity contribution in [3.63, 3.8) is 0 Å². The van der Waals surface area contributed by atoms with Crippen molar-refractivity contribution < 1.29 is 14.3 Å². The van der Waals surface area contributed by atoms with Crippen LogP contribution in [0.25, 0.3) is 0 Å². The molecule has 0 atom stereocenters. The molecule has 0 saturated heterocycles. The summed E-state index contributed by atoms with van der Waals surface area (Å²) >= 11 is 0. The first-order valence-electron chi connectivity index (χ1n) is 9.59. The van der Waals surface area contributed by atoms with Crippen molar-refractivity contribution in [2.24, 2.45) is 5.92 Å². The molecule has 0 radical (unpaired) electrons. The first-order chi connectivity index (χ1) is 13.2. The van der Waals surface area contributed by atoms with Gasteiger partial charge in [-0.3, -0.25) is 9.59 Å². The zero-order chi connectivity index (χ0) is 19.1. The number of para-hydroxylation sites is 1. The summed E-state index contributed by atoms with van der Waals surface area (Å²) in [4.78, 5) is 25.0. The van der Waals surface area contributed by atoms with E-state index in [0.717, 1.165) is 18.6 Å². The van der Waals surface area contributed by atoms with E-state index in [0.29, 0.717) is 35.9 Å². The van der Waals surface area contributed by atoms with Gasteiger partial charge < -0.3 is 15.4 Å². The second-order valence-corrected chi connectivity index (χ2v) is 6.86. The Morgan fingerprint density at radius 2 is 1.70 bits per heavy atom. The van der Waals surface area contributed by atoms with Crippen LogP contribution in [-0.2, 0) is 4.79 Å². The Hall–Kier alpha value is -2.82. The number of benzene rings is 2. The molecule has 0 bridgehead atoms. The van der Waals surface area contributed by atoms with Crippen molar-refractivity contribution in [3.05, 3.63) is 54.1 Å². The lowest BCUT2D eigenvalue weighted by Crippen LogP contribution is -2.19. The quantitative estimate of drug-likeness (QED) is 0.735. The Kier molecular flexibility index (Phi) is 6.47. The van der Waals surface area contributed by atoms with Crippen LogP contribution in [0.3, 0.4) is 0 Å². The normalized spacial score (nSPS) is 14.0. The average molecular weight is 366 g/mol. The molecule has 2 N–H and O–H groups in total. The average Bonchev–Trinajstić information content (AvgIpc) is 3.17. The zero-order valence-electron chi connectivity index (χ0n) is 15.7. The van der Waals surface area contributed by atoms with Crippen LogP contribution < -0.4 is 15.4 Å². The fourth-order valence-electron chi connectivity index (χ4n) is 3.47. The molecular formula is C22H26N2O3. The number of hydrogen-bond acceptors (Lipinski definition) is 3. The molecule has 1 aliphatic carbocycles. The molecule has 2 aromatic rings. The Labute approximate surface area is 160 Å². The monoisotopic (exact) mass is 366 g/mol. The van der Waals surface area contributed by atoms with E-state index in [4.69, 9.17) is 4.74 Å². The molecule has 0 spiro atoms. The van der Waals surface area contributed by atoms with Crippen LogP contribution in [0.15, 0.2) is 48.5 Å². The molecule has 2 aromatic carbocycles. The van der Waals surface area contributed by atoms with E-state index < -0.39 is 0 Å². The Morgan fingerprint density at radius 3 is 2.41 bits per heavy atom. The molecule has 0 aliphatic heterocycles. The third kappa shape index (κ3) is 5.33. The fourth-order valence-corrected chi connectivity index (χ4v) is 3.47. The lowest BCUT2D eigenvalue weighted by Gasteiger charge is -2.13. The third-order valence-electron chi connectivity index (χ3n) is 4.82. The second-order valence-electron chi connectivity index (χ2n) is 6.86. The molecule has 3 rings (SSSR count). The smallest absolute Gasteiger partial charge is 0.257 e. The van der Waals surface area contributed by atoms with Gasteiger partial charge in [0.15, 0.2) is 0 Å². The van der Waals surface area contributed by atoms with Crippen molar-refractivity contribution in [3.8, 4) is 5.75 Å². The molecule has 0 heterocycles. The Bertz CT molecular complexity index is 780. The van der Waals surface area contributed by atoms with Gasteiger partial charge in [0, 0.05) is 12.1 Å². The highest BCUT2D eigenvalue weighted by Gasteiger charge is 2.20. The van der Waals surface area contributed by atoms with E-state index in [1.54, 1.807) is 30.3 Å². The Morgan fingerprint density at radius 1 is 1.00 bits per heavy atom. The predicted octanol–water partition coefficient (Wildman–Crippen LogP) is 4.86. The topological polar surface area (TPSA) is 67.4 Å². The fraction of sp³-hybridized carbons (Fsp3) is 0.364. The molecule has 0 unspecified atom stereocenters. The summed E-state index contributed by atoms with van der Waals surface area (Å²) in [5, 5.41) is 5.78. The number of anilines is 2. The maximum Gasteiger partial charge on any atom is 0.257 e. The van der Waals surface area contributed by atoms with Gasteiger partial charge in [-0.25, -0.2) is 0 Å². The molecule has 1 aliphatic rings. The number of carbonyl (C=O) groups is 2. The van der Waals surface area contributed by atoms with Crippen molar-refractivity contribution in [2.75, 3.05) is 17.2 Å². The minimum absolute atomic E-state index is 0.0248. The van der Waals surface area contributed by atoms with Gasteiger partial charge in [-0.1, -0.05) is 25.0 Å². The lowest BCUT2D eigenvalue weighted by molar-refractivity contribution is -0.117. The van der Waals surface area contributed by atoms with Gasteiger partial charge in [0.05, 0.1) is 17.9 Å². The van der Waals surface area contributed by atoms with Gasteiger partial charge in [-0.2, -0.15) is 0 Å². The molecule has 5 heteroatoms. The summed E-state index contributed by atoms with van der Waals surface area (Å²) in [5.41, 5.74) is 1.67. The summed E-state index contributed by atoms with van der Waals surface area (Å²) in [7, 11) is 0. The van der Waals surface area contributed by atoms with Crippen molar-refractivity contribution in [2.45, 2.75) is 39.0 Å². The number of ether oxygens (including phenoxy) is 1. The van der Waals surface area contributed by atoms with Crippen molar-refractivity contribution in [1.29, 1.82) is 0 Å². The van der Waals surface area contributed by atoms with Crippen molar-refractivity contribution in [1.82, 2.24) is 0 Å². The SMILES string of the molecule is CCOc1ccc(NC(=O)c2ccccc2NC(=O)CC2CCCC2)cc1. The first-order valence-corrected chi connectivity index (χ1v) is 9.59. The van der Waals surface area contributed by atoms with E-state index in [2.05, 4.69) is 10.6 Å². The zero-order valence-corrected chi connectivity index (χ0v) is 15.7. The molecule has 0 aromatic heterocycles. The molecule has 2 amide bonds. The van der Waals surface area contributed by atoms with Crippen LogP contribution in [0.5, 0.6) is 5.75 Å². The van der Waals surface area contributed by atoms with Crippen LogP contribution in [0, 0.1) is 5.92 Å². The molecule has 5 nitrogen and oxygen atoms in total. The van der Waals surface area contributed by atoms with Gasteiger partial charge in [0.1, 0.15) is 5.75 Å². The highest BCUT2D eigenvalue weighted by molar-refractivity contribution is 6.10. The summed E-state index contributed by atoms with van der Waals surface area (Å²) in [6, 6.07) is 14.3. The van der Waals surface area contributed by atoms with Crippen molar-refractivity contribution >= 4 is 23.2 Å². The van der Waals surface area contributed by atoms with Gasteiger partial charge in [0.25, 0.3) is 5.91 Å². The van der Waals surface area contributed by atoms with Gasteiger partial charge >= 0.3 is 0 Å². The van der Waals surface area contributed by atoms with Crippen LogP contribution in [0.1, 0.15) is 49.4 Å². The molecule has 142 valence electrons. The van der Waals surface area contributed by atoms with Gasteiger partial charge in [0.2, 0.25) is 5.91 Å². The Balaban J connectivity index is 1.65. The van der Waals surface area contributed by atoms with E-state index in [9.17, 15) is 9.59 Å². The van der Waals surface area contributed by atoms with Crippen LogP contribution in [0.2, 0.25) is 0 Å². The minimum atomic E-state index is -0.254. The highest BCUT2D eigenvalue weighted by atomic mass is 16.5. The molecule has 1 fully saturated rings. The summed E-state index contributed by atoms with van der Waals surface area (Å²) in [6.07, 6.45) is 5.17. The number of hydrogen-bond donors (Lipinski definition) is 2. The standard InChI is InChI=1S/C22H26N2O3/c1-2-27-18-13-11-17(12-14-18)23-22(26)19-9-5-6-10-20(19)24-21(25)15-16-7-3-4-8-16/h5-6,9-14,16H,2-4,7-8,15H2,1H3,(H,23,26)(H,24,25). The molecule has 1 saturated carbocycles. The highest BCUT2D eigenvalue weighted by Crippen LogP contribution is 2.28. The van der Waals surface area contributed by atoms with E-state index in [1.807, 2.05) is 25.1 Å². The number of rotatable bonds is 7. The van der Waals surface area contributed by atoms with Crippen LogP contribution >= 0.6 is 0 Å². The van der Waals surface area contributed by atoms with Crippen LogP contribution in [0.4, 0.5) is 11.4 Å². The molecular weight excluding hydrogens is 340 g/mol. The number of amides is 2. The first kappa shape index (κ1) is 19.0. The largest absolute Gasteiger partial charge is 0.494 e. The summed E-state index contributed by atoms with van der Waals surface area (Å²) in [5.74, 6) is 0.948. The third-order valence-corrected chi connectivity index (χ3v) is 4.82. The van der Waals surface area contributed by atoms with E-state index in [-0.39, 0.29) is 11.8 Å². The minimum Gasteiger partial charge on any atom is -0.494 e.